The Balaban J connectivity index is 1.17. The van der Waals surface area contributed by atoms with Crippen LogP contribution in [0.25, 0.3) is 11.1 Å². The van der Waals surface area contributed by atoms with Gasteiger partial charge in [-0.3, -0.25) is 0 Å². The van der Waals surface area contributed by atoms with Gasteiger partial charge in [-0.25, -0.2) is 4.79 Å². The Morgan fingerprint density at radius 2 is 1.60 bits per heavy atom. The number of carbonyl (C=O) groups is 1. The van der Waals surface area contributed by atoms with Crippen molar-refractivity contribution in [2.45, 2.75) is 17.8 Å². The van der Waals surface area contributed by atoms with E-state index in [1.54, 1.807) is 0 Å². The molecule has 2 unspecified atom stereocenters. The van der Waals surface area contributed by atoms with Gasteiger partial charge in [0.15, 0.2) is 0 Å². The third-order valence-electron chi connectivity index (χ3n) is 7.23. The number of ether oxygens (including phenoxy) is 1. The number of nitrogen functional groups attached to an aromatic ring is 1. The number of hydrogen-bond acceptors (Lipinski definition) is 3. The molecule has 1 aliphatic heterocycles. The lowest BCUT2D eigenvalue weighted by atomic mass is 9.95. The highest BCUT2D eigenvalue weighted by atomic mass is 16.6. The number of anilines is 1. The maximum absolute atomic E-state index is 12.9. The van der Waals surface area contributed by atoms with Crippen LogP contribution in [0, 0.1) is 5.92 Å². The van der Waals surface area contributed by atoms with Crippen molar-refractivity contribution in [3.8, 4) is 11.1 Å². The smallest absolute Gasteiger partial charge is 0.409 e. The second kappa shape index (κ2) is 6.36. The molecule has 2 atom stereocenters. The van der Waals surface area contributed by atoms with Crippen molar-refractivity contribution in [2.75, 3.05) is 25.4 Å². The Morgan fingerprint density at radius 3 is 2.27 bits per heavy atom. The minimum absolute atomic E-state index is 0.0965. The van der Waals surface area contributed by atoms with Crippen molar-refractivity contribution < 1.29 is 9.53 Å². The molecule has 0 radical (unpaired) electrons. The number of nitrogens with zero attached hydrogens (tertiary/aromatic N) is 1. The third-order valence-corrected chi connectivity index (χ3v) is 7.23. The third kappa shape index (κ3) is 2.56. The highest BCUT2D eigenvalue weighted by molar-refractivity contribution is 5.79. The first-order valence-electron chi connectivity index (χ1n) is 10.6. The van der Waals surface area contributed by atoms with Crippen molar-refractivity contribution in [1.29, 1.82) is 0 Å². The molecule has 4 heteroatoms. The van der Waals surface area contributed by atoms with E-state index in [1.165, 1.54) is 27.8 Å². The standard InChI is InChI=1S/C26H24N2O2/c27-19-11-9-17(10-12-19)26-13-18(26)14-28(16-26)25(29)30-15-24-22-7-3-1-5-20(22)21-6-2-4-8-23(21)24/h1-12,18,24H,13-16,27H2. The molecule has 3 aromatic carbocycles. The molecule has 2 N–H and O–H groups in total. The predicted octanol–water partition coefficient (Wildman–Crippen LogP) is 4.79. The van der Waals surface area contributed by atoms with Crippen LogP contribution in [0.5, 0.6) is 0 Å². The molecular formula is C26H24N2O2. The molecule has 1 saturated heterocycles. The number of rotatable bonds is 3. The van der Waals surface area contributed by atoms with Gasteiger partial charge in [-0.2, -0.15) is 0 Å². The van der Waals surface area contributed by atoms with Gasteiger partial charge in [0.25, 0.3) is 0 Å². The average Bonchev–Trinajstić information content (AvgIpc) is 3.20. The number of likely N-dealkylation sites (tertiary alicyclic amines) is 1. The maximum atomic E-state index is 12.9. The molecule has 3 aromatic rings. The average molecular weight is 396 g/mol. The number of nitrogens with two attached hydrogens (primary N) is 1. The highest BCUT2D eigenvalue weighted by Crippen LogP contribution is 2.59. The van der Waals surface area contributed by atoms with Crippen LogP contribution in [-0.4, -0.2) is 30.7 Å². The first-order valence-corrected chi connectivity index (χ1v) is 10.6. The Morgan fingerprint density at radius 1 is 0.967 bits per heavy atom. The quantitative estimate of drug-likeness (QED) is 0.648. The second-order valence-corrected chi connectivity index (χ2v) is 8.86. The number of amides is 1. The minimum Gasteiger partial charge on any atom is -0.448 e. The van der Waals surface area contributed by atoms with E-state index in [1.807, 2.05) is 17.0 Å². The van der Waals surface area contributed by atoms with Crippen LogP contribution < -0.4 is 5.73 Å². The molecule has 150 valence electrons. The van der Waals surface area contributed by atoms with Crippen LogP contribution in [0.2, 0.25) is 0 Å². The number of hydrogen-bond donors (Lipinski definition) is 1. The Labute approximate surface area is 176 Å². The Hall–Kier alpha value is -3.27. The minimum atomic E-state index is -0.195. The SMILES string of the molecule is Nc1ccc(C23CC2CN(C(=O)OCC2c4ccccc4-c4ccccc42)C3)cc1. The van der Waals surface area contributed by atoms with Crippen LogP contribution in [0.3, 0.4) is 0 Å². The van der Waals surface area contributed by atoms with E-state index in [0.29, 0.717) is 12.5 Å². The first-order chi connectivity index (χ1) is 14.7. The predicted molar refractivity (Wildman–Crippen MR) is 117 cm³/mol. The highest BCUT2D eigenvalue weighted by Gasteiger charge is 2.61. The molecule has 0 spiro atoms. The lowest BCUT2D eigenvalue weighted by molar-refractivity contribution is 0.103. The monoisotopic (exact) mass is 396 g/mol. The summed E-state index contributed by atoms with van der Waals surface area (Å²) in [7, 11) is 0. The molecule has 4 nitrogen and oxygen atoms in total. The summed E-state index contributed by atoms with van der Waals surface area (Å²) in [6.07, 6.45) is 0.947. The van der Waals surface area contributed by atoms with E-state index >= 15 is 0 Å². The number of benzene rings is 3. The largest absolute Gasteiger partial charge is 0.448 e. The van der Waals surface area contributed by atoms with E-state index in [0.717, 1.165) is 25.2 Å². The van der Waals surface area contributed by atoms with Gasteiger partial charge in [-0.1, -0.05) is 60.7 Å². The number of piperidine rings is 1. The Bertz CT molecular complexity index is 1090. The van der Waals surface area contributed by atoms with Crippen LogP contribution in [-0.2, 0) is 10.2 Å². The lowest BCUT2D eigenvalue weighted by Gasteiger charge is -2.22. The normalized spacial score (nSPS) is 23.6. The van der Waals surface area contributed by atoms with Crippen LogP contribution >= 0.6 is 0 Å². The zero-order valence-electron chi connectivity index (χ0n) is 16.8. The van der Waals surface area contributed by atoms with Crippen molar-refractivity contribution in [2.24, 2.45) is 5.92 Å². The van der Waals surface area contributed by atoms with Crippen molar-refractivity contribution in [3.05, 3.63) is 89.5 Å². The van der Waals surface area contributed by atoms with Gasteiger partial charge in [0.1, 0.15) is 6.61 Å². The summed E-state index contributed by atoms with van der Waals surface area (Å²) in [5.74, 6) is 0.631. The molecule has 30 heavy (non-hydrogen) atoms. The van der Waals surface area contributed by atoms with E-state index < -0.39 is 0 Å². The molecule has 1 heterocycles. The van der Waals surface area contributed by atoms with E-state index in [2.05, 4.69) is 60.7 Å². The van der Waals surface area contributed by atoms with Gasteiger partial charge < -0.3 is 15.4 Å². The molecule has 1 amide bonds. The molecule has 6 rings (SSSR count). The van der Waals surface area contributed by atoms with Gasteiger partial charge in [-0.15, -0.1) is 0 Å². The molecule has 1 saturated carbocycles. The summed E-state index contributed by atoms with van der Waals surface area (Å²) in [5.41, 5.74) is 13.0. The number of fused-ring (bicyclic) bond motifs is 4. The van der Waals surface area contributed by atoms with Gasteiger partial charge in [0, 0.05) is 30.1 Å². The second-order valence-electron chi connectivity index (χ2n) is 8.86. The van der Waals surface area contributed by atoms with E-state index in [4.69, 9.17) is 10.5 Å². The maximum Gasteiger partial charge on any atom is 0.409 e. The molecular weight excluding hydrogens is 372 g/mol. The van der Waals surface area contributed by atoms with Gasteiger partial charge in [-0.05, 0) is 52.3 Å². The fraction of sp³-hybridized carbons (Fsp3) is 0.269. The summed E-state index contributed by atoms with van der Waals surface area (Å²) >= 11 is 0. The zero-order valence-corrected chi connectivity index (χ0v) is 16.8. The molecule has 2 aliphatic carbocycles. The van der Waals surface area contributed by atoms with Crippen molar-refractivity contribution in [3.63, 3.8) is 0 Å². The number of carbonyl (C=O) groups excluding carboxylic acids is 1. The van der Waals surface area contributed by atoms with Crippen molar-refractivity contribution in [1.82, 2.24) is 4.90 Å². The van der Waals surface area contributed by atoms with Crippen LogP contribution in [0.1, 0.15) is 29.0 Å². The Kier molecular flexibility index (Phi) is 3.73. The molecule has 3 aliphatic rings. The fourth-order valence-corrected chi connectivity index (χ4v) is 5.57. The summed E-state index contributed by atoms with van der Waals surface area (Å²) < 4.78 is 5.86. The molecule has 2 fully saturated rings. The van der Waals surface area contributed by atoms with E-state index in [9.17, 15) is 4.79 Å². The summed E-state index contributed by atoms with van der Waals surface area (Å²) in [4.78, 5) is 14.8. The van der Waals surface area contributed by atoms with Gasteiger partial charge in [0.05, 0.1) is 0 Å². The summed E-state index contributed by atoms with van der Waals surface area (Å²) in [5, 5.41) is 0. The summed E-state index contributed by atoms with van der Waals surface area (Å²) in [6, 6.07) is 25.0. The first kappa shape index (κ1) is 17.6. The van der Waals surface area contributed by atoms with Crippen molar-refractivity contribution >= 4 is 11.8 Å². The topological polar surface area (TPSA) is 55.6 Å². The van der Waals surface area contributed by atoms with Gasteiger partial charge in [0.2, 0.25) is 0 Å². The van der Waals surface area contributed by atoms with Crippen LogP contribution in [0.4, 0.5) is 10.5 Å². The van der Waals surface area contributed by atoms with E-state index in [-0.39, 0.29) is 17.4 Å². The van der Waals surface area contributed by atoms with Crippen LogP contribution in [0.15, 0.2) is 72.8 Å². The molecule has 0 aromatic heterocycles. The fourth-order valence-electron chi connectivity index (χ4n) is 5.57. The lowest BCUT2D eigenvalue weighted by Crippen LogP contribution is -2.34. The molecule has 0 bridgehead atoms. The summed E-state index contributed by atoms with van der Waals surface area (Å²) in [6.45, 7) is 1.89. The zero-order chi connectivity index (χ0) is 20.3. The van der Waals surface area contributed by atoms with Gasteiger partial charge >= 0.3 is 6.09 Å².